The lowest BCUT2D eigenvalue weighted by atomic mass is 9.89. The Bertz CT molecular complexity index is 285. The second-order valence-corrected chi connectivity index (χ2v) is 3.23. The molecule has 0 bridgehead atoms. The van der Waals surface area contributed by atoms with E-state index in [0.29, 0.717) is 0 Å². The van der Waals surface area contributed by atoms with Crippen LogP contribution >= 0.6 is 0 Å². The second-order valence-electron chi connectivity index (χ2n) is 3.23. The van der Waals surface area contributed by atoms with E-state index < -0.39 is 5.97 Å². The fraction of sp³-hybridized carbons (Fsp3) is 0.625. The lowest BCUT2D eigenvalue weighted by Crippen LogP contribution is -2.42. The van der Waals surface area contributed by atoms with E-state index in [4.69, 9.17) is 5.11 Å². The second kappa shape index (κ2) is 3.16. The molecule has 1 heterocycles. The number of nitrogens with zero attached hydrogens (tertiary/aromatic N) is 2. The van der Waals surface area contributed by atoms with Gasteiger partial charge >= 0.3 is 5.97 Å². The van der Waals surface area contributed by atoms with Gasteiger partial charge in [0.25, 0.3) is 0 Å². The van der Waals surface area contributed by atoms with Crippen molar-refractivity contribution in [2.75, 3.05) is 7.05 Å². The van der Waals surface area contributed by atoms with Crippen molar-refractivity contribution in [3.63, 3.8) is 0 Å². The van der Waals surface area contributed by atoms with Crippen LogP contribution in [-0.2, 0) is 9.59 Å². The van der Waals surface area contributed by atoms with Crippen molar-refractivity contribution in [3.05, 3.63) is 0 Å². The Morgan fingerprint density at radius 1 is 1.46 bits per heavy atom. The highest BCUT2D eigenvalue weighted by Gasteiger charge is 2.35. The third-order valence-corrected chi connectivity index (χ3v) is 2.37. The normalized spacial score (nSPS) is 28.7. The molecule has 0 aromatic heterocycles. The molecule has 5 heteroatoms. The first-order chi connectivity index (χ1) is 5.95. The van der Waals surface area contributed by atoms with Gasteiger partial charge in [0, 0.05) is 18.9 Å². The summed E-state index contributed by atoms with van der Waals surface area (Å²) in [7, 11) is 1.47. The molecule has 2 atom stereocenters. The molecule has 1 N–H and O–H groups in total. The van der Waals surface area contributed by atoms with E-state index in [0.717, 1.165) is 5.01 Å². The maximum atomic E-state index is 11.3. The third kappa shape index (κ3) is 1.54. The van der Waals surface area contributed by atoms with Gasteiger partial charge in [0.2, 0.25) is 5.91 Å². The monoisotopic (exact) mass is 184 g/mol. The minimum absolute atomic E-state index is 0.0506. The van der Waals surface area contributed by atoms with E-state index in [1.165, 1.54) is 7.05 Å². The van der Waals surface area contributed by atoms with Crippen LogP contribution in [0.15, 0.2) is 5.10 Å². The largest absolute Gasteiger partial charge is 0.477 e. The summed E-state index contributed by atoms with van der Waals surface area (Å²) in [4.78, 5) is 22.0. The number of carboxylic acids is 1. The van der Waals surface area contributed by atoms with Gasteiger partial charge in [0.15, 0.2) is 0 Å². The maximum absolute atomic E-state index is 11.3. The maximum Gasteiger partial charge on any atom is 0.352 e. The Kier molecular flexibility index (Phi) is 2.36. The molecule has 13 heavy (non-hydrogen) atoms. The van der Waals surface area contributed by atoms with Crippen molar-refractivity contribution in [2.24, 2.45) is 16.9 Å². The van der Waals surface area contributed by atoms with Gasteiger partial charge in [-0.1, -0.05) is 13.8 Å². The average molecular weight is 184 g/mol. The fourth-order valence-corrected chi connectivity index (χ4v) is 1.28. The molecule has 1 aliphatic heterocycles. The number of carbonyl (C=O) groups excluding carboxylic acids is 1. The quantitative estimate of drug-likeness (QED) is 0.631. The standard InChI is InChI=1S/C8H12N2O3/c1-4-5(2)7(11)10(3)9-6(4)8(12)13/h4-5H,1-3H3,(H,12,13). The zero-order valence-corrected chi connectivity index (χ0v) is 7.81. The SMILES string of the molecule is CC1C(=O)N(C)N=C(C(=O)O)C1C. The minimum atomic E-state index is -1.06. The molecule has 72 valence electrons. The van der Waals surface area contributed by atoms with Crippen LogP contribution in [0.1, 0.15) is 13.8 Å². The van der Waals surface area contributed by atoms with Gasteiger partial charge in [0.1, 0.15) is 5.71 Å². The number of amides is 1. The summed E-state index contributed by atoms with van der Waals surface area (Å²) in [5.74, 6) is -1.83. The minimum Gasteiger partial charge on any atom is -0.477 e. The predicted molar refractivity (Wildman–Crippen MR) is 46.2 cm³/mol. The first-order valence-electron chi connectivity index (χ1n) is 4.04. The molecule has 0 saturated heterocycles. The topological polar surface area (TPSA) is 70.0 Å². The highest BCUT2D eigenvalue weighted by atomic mass is 16.4. The zero-order chi connectivity index (χ0) is 10.2. The number of hydrogen-bond donors (Lipinski definition) is 1. The number of aliphatic carboxylic acids is 1. The number of carbonyl (C=O) groups is 2. The Hall–Kier alpha value is -1.39. The van der Waals surface area contributed by atoms with Crippen molar-refractivity contribution in [3.8, 4) is 0 Å². The van der Waals surface area contributed by atoms with Gasteiger partial charge in [-0.15, -0.1) is 0 Å². The lowest BCUT2D eigenvalue weighted by molar-refractivity contribution is -0.136. The van der Waals surface area contributed by atoms with Gasteiger partial charge in [-0.25, -0.2) is 9.80 Å². The van der Waals surface area contributed by atoms with Gasteiger partial charge in [-0.3, -0.25) is 4.79 Å². The highest BCUT2D eigenvalue weighted by Crippen LogP contribution is 2.20. The Balaban J connectivity index is 3.04. The average Bonchev–Trinajstić information content (AvgIpc) is 2.07. The molecule has 0 aromatic carbocycles. The smallest absolute Gasteiger partial charge is 0.352 e. The van der Waals surface area contributed by atoms with Gasteiger partial charge in [-0.05, 0) is 0 Å². The molecule has 1 amide bonds. The van der Waals surface area contributed by atoms with Crippen LogP contribution < -0.4 is 0 Å². The summed E-state index contributed by atoms with van der Waals surface area (Å²) >= 11 is 0. The van der Waals surface area contributed by atoms with Crippen LogP contribution in [0.25, 0.3) is 0 Å². The van der Waals surface area contributed by atoms with E-state index in [1.807, 2.05) is 0 Å². The third-order valence-electron chi connectivity index (χ3n) is 2.37. The van der Waals surface area contributed by atoms with Crippen molar-refractivity contribution in [1.82, 2.24) is 5.01 Å². The van der Waals surface area contributed by atoms with Crippen LogP contribution in [0.3, 0.4) is 0 Å². The van der Waals surface area contributed by atoms with Crippen LogP contribution in [0.2, 0.25) is 0 Å². The van der Waals surface area contributed by atoms with E-state index in [2.05, 4.69) is 5.10 Å². The molecule has 1 rings (SSSR count). The number of rotatable bonds is 1. The summed E-state index contributed by atoms with van der Waals surface area (Å²) in [6, 6.07) is 0. The molecule has 0 saturated carbocycles. The molecule has 0 fully saturated rings. The van der Waals surface area contributed by atoms with Crippen LogP contribution in [0.4, 0.5) is 0 Å². The summed E-state index contributed by atoms with van der Waals surface area (Å²) < 4.78 is 0. The van der Waals surface area contributed by atoms with E-state index in [9.17, 15) is 9.59 Å². The van der Waals surface area contributed by atoms with Crippen molar-refractivity contribution in [2.45, 2.75) is 13.8 Å². The molecule has 0 radical (unpaired) electrons. The lowest BCUT2D eigenvalue weighted by Gasteiger charge is -2.27. The number of hydrogen-bond acceptors (Lipinski definition) is 3. The highest BCUT2D eigenvalue weighted by molar-refractivity contribution is 6.37. The van der Waals surface area contributed by atoms with Crippen LogP contribution in [-0.4, -0.2) is 34.8 Å². The molecule has 2 unspecified atom stereocenters. The van der Waals surface area contributed by atoms with E-state index in [1.54, 1.807) is 13.8 Å². The molecular weight excluding hydrogens is 172 g/mol. The molecule has 0 spiro atoms. The van der Waals surface area contributed by atoms with E-state index in [-0.39, 0.29) is 23.5 Å². The molecular formula is C8H12N2O3. The first-order valence-corrected chi connectivity index (χ1v) is 4.04. The Morgan fingerprint density at radius 3 is 2.46 bits per heavy atom. The molecule has 0 aromatic rings. The zero-order valence-electron chi connectivity index (χ0n) is 7.81. The predicted octanol–water partition coefficient (Wildman–Crippen LogP) is 0.171. The van der Waals surface area contributed by atoms with Gasteiger partial charge < -0.3 is 5.11 Å². The van der Waals surface area contributed by atoms with Crippen molar-refractivity contribution in [1.29, 1.82) is 0 Å². The molecule has 0 aliphatic carbocycles. The summed E-state index contributed by atoms with van der Waals surface area (Å²) in [6.45, 7) is 3.41. The van der Waals surface area contributed by atoms with Gasteiger partial charge in [0.05, 0.1) is 0 Å². The summed E-state index contributed by atoms with van der Waals surface area (Å²) in [5, 5.41) is 13.5. The number of carboxylic acid groups (broad SMARTS) is 1. The molecule has 5 nitrogen and oxygen atoms in total. The Labute approximate surface area is 76.0 Å². The van der Waals surface area contributed by atoms with E-state index >= 15 is 0 Å². The number of hydrazone groups is 1. The van der Waals surface area contributed by atoms with Crippen LogP contribution in [0.5, 0.6) is 0 Å². The van der Waals surface area contributed by atoms with Crippen molar-refractivity contribution < 1.29 is 14.7 Å². The van der Waals surface area contributed by atoms with Gasteiger partial charge in [-0.2, -0.15) is 5.10 Å². The first kappa shape index (κ1) is 9.70. The Morgan fingerprint density at radius 2 is 2.00 bits per heavy atom. The fourth-order valence-electron chi connectivity index (χ4n) is 1.28. The van der Waals surface area contributed by atoms with Crippen LogP contribution in [0, 0.1) is 11.8 Å². The summed E-state index contributed by atoms with van der Waals surface area (Å²) in [5.41, 5.74) is 0.0506. The van der Waals surface area contributed by atoms with Crippen molar-refractivity contribution >= 4 is 17.6 Å². The molecule has 1 aliphatic rings. The summed E-state index contributed by atoms with van der Waals surface area (Å²) in [6.07, 6.45) is 0.